The van der Waals surface area contributed by atoms with Gasteiger partial charge in [-0.25, -0.2) is 4.98 Å². The van der Waals surface area contributed by atoms with Crippen molar-refractivity contribution < 1.29 is 4.74 Å². The summed E-state index contributed by atoms with van der Waals surface area (Å²) in [6.07, 6.45) is 0.907. The molecule has 0 aliphatic rings. The molecule has 6 heteroatoms. The smallest absolute Gasteiger partial charge is 0.170 e. The van der Waals surface area contributed by atoms with Crippen LogP contribution in [0, 0.1) is 0 Å². The maximum atomic E-state index is 5.10. The molecule has 1 heterocycles. The highest BCUT2D eigenvalue weighted by atomic mass is 32.2. The maximum Gasteiger partial charge on any atom is 0.170 e. The van der Waals surface area contributed by atoms with E-state index in [9.17, 15) is 0 Å². The lowest BCUT2D eigenvalue weighted by Gasteiger charge is -2.12. The minimum absolute atomic E-state index is 0.369. The average Bonchev–Trinajstić information content (AvgIpc) is 2.72. The zero-order valence-corrected chi connectivity index (χ0v) is 11.0. The van der Waals surface area contributed by atoms with E-state index in [0.29, 0.717) is 6.04 Å². The van der Waals surface area contributed by atoms with Gasteiger partial charge in [0.15, 0.2) is 4.34 Å². The summed E-state index contributed by atoms with van der Waals surface area (Å²) in [6, 6.07) is 0.369. The molecule has 0 aliphatic carbocycles. The molecule has 1 aromatic rings. The lowest BCUT2D eigenvalue weighted by molar-refractivity contribution is 0.177. The number of hydrogen-bond acceptors (Lipinski definition) is 6. The van der Waals surface area contributed by atoms with E-state index in [2.05, 4.69) is 21.6 Å². The van der Waals surface area contributed by atoms with E-state index in [1.165, 1.54) is 11.5 Å². The van der Waals surface area contributed by atoms with E-state index < -0.39 is 0 Å². The van der Waals surface area contributed by atoms with Crippen LogP contribution in [0.15, 0.2) is 4.34 Å². The minimum Gasteiger partial charge on any atom is -0.383 e. The maximum absolute atomic E-state index is 5.10. The Morgan fingerprint density at radius 3 is 2.93 bits per heavy atom. The first kappa shape index (κ1) is 12.9. The van der Waals surface area contributed by atoms with Crippen LogP contribution >= 0.6 is 23.3 Å². The molecule has 15 heavy (non-hydrogen) atoms. The molecule has 86 valence electrons. The fraction of sp³-hybridized carbons (Fsp3) is 0.778. The molecule has 0 aromatic carbocycles. The van der Waals surface area contributed by atoms with Gasteiger partial charge in [0.05, 0.1) is 6.61 Å². The van der Waals surface area contributed by atoms with Crippen molar-refractivity contribution in [1.29, 1.82) is 0 Å². The molecule has 1 rings (SSSR count). The van der Waals surface area contributed by atoms with Crippen LogP contribution in [0.5, 0.6) is 0 Å². The van der Waals surface area contributed by atoms with Crippen LogP contribution in [0.3, 0.4) is 0 Å². The lowest BCUT2D eigenvalue weighted by atomic mass is 10.4. The van der Waals surface area contributed by atoms with Crippen molar-refractivity contribution >= 4 is 23.3 Å². The third-order valence-corrected chi connectivity index (χ3v) is 3.98. The van der Waals surface area contributed by atoms with E-state index in [1.807, 2.05) is 7.05 Å². The summed E-state index contributed by atoms with van der Waals surface area (Å²) in [5.41, 5.74) is 0. The van der Waals surface area contributed by atoms with Crippen LogP contribution in [0.1, 0.15) is 12.7 Å². The number of methoxy groups -OCH3 is 1. The lowest BCUT2D eigenvalue weighted by Crippen LogP contribution is -2.32. The summed E-state index contributed by atoms with van der Waals surface area (Å²) in [5.74, 6) is 1.90. The van der Waals surface area contributed by atoms with Crippen molar-refractivity contribution in [3.8, 4) is 0 Å². The number of nitrogens with zero attached hydrogens (tertiary/aromatic N) is 2. The zero-order valence-electron chi connectivity index (χ0n) is 9.32. The second kappa shape index (κ2) is 7.16. The van der Waals surface area contributed by atoms with Gasteiger partial charge in [-0.1, -0.05) is 18.7 Å². The fourth-order valence-electron chi connectivity index (χ4n) is 1.03. The number of aryl methyl sites for hydroxylation is 1. The fourth-order valence-corrected chi connectivity index (χ4v) is 2.83. The van der Waals surface area contributed by atoms with Crippen molar-refractivity contribution in [2.24, 2.45) is 0 Å². The number of hydrogen-bond donors (Lipinski definition) is 1. The van der Waals surface area contributed by atoms with Crippen LogP contribution in [-0.4, -0.2) is 41.9 Å². The molecular formula is C9H17N3OS2. The third-order valence-electron chi connectivity index (χ3n) is 1.95. The molecule has 0 saturated heterocycles. The van der Waals surface area contributed by atoms with E-state index in [1.54, 1.807) is 18.9 Å². The highest BCUT2D eigenvalue weighted by Crippen LogP contribution is 2.20. The number of thioether (sulfide) groups is 1. The second-order valence-electron chi connectivity index (χ2n) is 3.08. The number of aromatic nitrogens is 2. The van der Waals surface area contributed by atoms with Crippen molar-refractivity contribution in [2.45, 2.75) is 23.7 Å². The highest BCUT2D eigenvalue weighted by molar-refractivity contribution is 8.00. The highest BCUT2D eigenvalue weighted by Gasteiger charge is 2.08. The van der Waals surface area contributed by atoms with Gasteiger partial charge in [0.2, 0.25) is 0 Å². The van der Waals surface area contributed by atoms with E-state index in [-0.39, 0.29) is 0 Å². The molecule has 0 amide bonds. The van der Waals surface area contributed by atoms with Crippen molar-refractivity contribution in [1.82, 2.24) is 14.7 Å². The van der Waals surface area contributed by atoms with E-state index >= 15 is 0 Å². The van der Waals surface area contributed by atoms with Crippen molar-refractivity contribution in [2.75, 3.05) is 26.5 Å². The SMILES string of the molecule is CCc1nsc(SCC(COC)NC)n1. The van der Waals surface area contributed by atoms with Crippen LogP contribution < -0.4 is 5.32 Å². The number of likely N-dealkylation sites (N-methyl/N-ethyl adjacent to an activating group) is 1. The largest absolute Gasteiger partial charge is 0.383 e. The summed E-state index contributed by atoms with van der Waals surface area (Å²) in [6.45, 7) is 2.79. The Labute approximate surface area is 99.0 Å². The summed E-state index contributed by atoms with van der Waals surface area (Å²) in [7, 11) is 3.66. The standard InChI is InChI=1S/C9H17N3OS2/c1-4-8-11-9(15-12-8)14-6-7(10-2)5-13-3/h7,10H,4-6H2,1-3H3. The minimum atomic E-state index is 0.369. The normalized spacial score (nSPS) is 13.0. The molecule has 1 atom stereocenters. The molecule has 0 radical (unpaired) electrons. The molecule has 0 spiro atoms. The molecule has 0 saturated carbocycles. The molecule has 4 nitrogen and oxygen atoms in total. The first-order chi connectivity index (χ1) is 7.30. The molecular weight excluding hydrogens is 230 g/mol. The number of nitrogens with one attached hydrogen (secondary N) is 1. The van der Waals surface area contributed by atoms with E-state index in [4.69, 9.17) is 4.74 Å². The Kier molecular flexibility index (Phi) is 6.16. The molecule has 1 aromatic heterocycles. The predicted molar refractivity (Wildman–Crippen MR) is 64.7 cm³/mol. The first-order valence-corrected chi connectivity index (χ1v) is 6.67. The van der Waals surface area contributed by atoms with Gasteiger partial charge in [0.25, 0.3) is 0 Å². The van der Waals surface area contributed by atoms with Gasteiger partial charge < -0.3 is 10.1 Å². The average molecular weight is 247 g/mol. The Hall–Kier alpha value is -0.170. The van der Waals surface area contributed by atoms with Crippen LogP contribution in [0.2, 0.25) is 0 Å². The molecule has 1 N–H and O–H groups in total. The van der Waals surface area contributed by atoms with Crippen LogP contribution in [0.25, 0.3) is 0 Å². The summed E-state index contributed by atoms with van der Waals surface area (Å²) < 4.78 is 10.4. The summed E-state index contributed by atoms with van der Waals surface area (Å²) in [4.78, 5) is 4.40. The van der Waals surface area contributed by atoms with Gasteiger partial charge in [-0.3, -0.25) is 0 Å². The summed E-state index contributed by atoms with van der Waals surface area (Å²) in [5, 5.41) is 3.20. The van der Waals surface area contributed by atoms with E-state index in [0.717, 1.165) is 28.9 Å². The Bertz CT molecular complexity index is 280. The van der Waals surface area contributed by atoms with Gasteiger partial charge >= 0.3 is 0 Å². The van der Waals surface area contributed by atoms with Gasteiger partial charge in [0.1, 0.15) is 5.82 Å². The number of rotatable bonds is 7. The quantitative estimate of drug-likeness (QED) is 0.739. The Morgan fingerprint density at radius 2 is 2.40 bits per heavy atom. The van der Waals surface area contributed by atoms with Gasteiger partial charge in [-0.15, -0.1) is 0 Å². The van der Waals surface area contributed by atoms with Crippen molar-refractivity contribution in [3.63, 3.8) is 0 Å². The second-order valence-corrected chi connectivity index (χ2v) is 5.10. The topological polar surface area (TPSA) is 47.0 Å². The zero-order chi connectivity index (χ0) is 11.1. The molecule has 0 fully saturated rings. The van der Waals surface area contributed by atoms with Crippen molar-refractivity contribution in [3.05, 3.63) is 5.82 Å². The monoisotopic (exact) mass is 247 g/mol. The van der Waals surface area contributed by atoms with Gasteiger partial charge in [0, 0.05) is 25.3 Å². The Morgan fingerprint density at radius 1 is 1.60 bits per heavy atom. The van der Waals surface area contributed by atoms with Gasteiger partial charge in [-0.05, 0) is 18.6 Å². The Balaban J connectivity index is 2.34. The third kappa shape index (κ3) is 4.46. The molecule has 0 bridgehead atoms. The summed E-state index contributed by atoms with van der Waals surface area (Å²) >= 11 is 3.21. The predicted octanol–water partition coefficient (Wildman–Crippen LogP) is 1.43. The first-order valence-electron chi connectivity index (χ1n) is 4.91. The van der Waals surface area contributed by atoms with Crippen LogP contribution in [0.4, 0.5) is 0 Å². The molecule has 0 aliphatic heterocycles. The molecule has 1 unspecified atom stereocenters. The van der Waals surface area contributed by atoms with Crippen LogP contribution in [-0.2, 0) is 11.2 Å². The number of ether oxygens (including phenoxy) is 1. The van der Waals surface area contributed by atoms with Gasteiger partial charge in [-0.2, -0.15) is 4.37 Å².